The lowest BCUT2D eigenvalue weighted by Crippen LogP contribution is -2.35. The average Bonchev–Trinajstić information content (AvgIpc) is 2.79. The Morgan fingerprint density at radius 3 is 2.32 bits per heavy atom. The lowest BCUT2D eigenvalue weighted by atomic mass is 10.1. The van der Waals surface area contributed by atoms with Gasteiger partial charge in [-0.1, -0.05) is 39.2 Å². The Morgan fingerprint density at radius 2 is 1.65 bits per heavy atom. The second kappa shape index (κ2) is 16.7. The summed E-state index contributed by atoms with van der Waals surface area (Å²) < 4.78 is 5.69. The SMILES string of the molecule is CCCCCN(CCCN)C(=O)c1cccc(C(=O)OC(CCCC)NCCCN)c1. The van der Waals surface area contributed by atoms with Gasteiger partial charge in [0.25, 0.3) is 5.91 Å². The topological polar surface area (TPSA) is 111 Å². The Morgan fingerprint density at radius 1 is 0.968 bits per heavy atom. The number of nitrogens with zero attached hydrogens (tertiary/aromatic N) is 1. The van der Waals surface area contributed by atoms with Crippen LogP contribution in [0.5, 0.6) is 0 Å². The van der Waals surface area contributed by atoms with Crippen molar-refractivity contribution in [3.05, 3.63) is 35.4 Å². The normalized spacial score (nSPS) is 11.9. The minimum absolute atomic E-state index is 0.0668. The summed E-state index contributed by atoms with van der Waals surface area (Å²) in [6.07, 6.45) is 7.08. The highest BCUT2D eigenvalue weighted by molar-refractivity contribution is 5.98. The molecular formula is C24H42N4O3. The Balaban J connectivity index is 2.85. The third kappa shape index (κ3) is 10.8. The molecule has 1 amide bonds. The van der Waals surface area contributed by atoms with Crippen LogP contribution < -0.4 is 16.8 Å². The molecule has 31 heavy (non-hydrogen) atoms. The van der Waals surface area contributed by atoms with Crippen LogP contribution in [0.1, 0.15) is 85.9 Å². The van der Waals surface area contributed by atoms with Crippen molar-refractivity contribution in [3.63, 3.8) is 0 Å². The lowest BCUT2D eigenvalue weighted by Gasteiger charge is -2.23. The van der Waals surface area contributed by atoms with Crippen LogP contribution in [0, 0.1) is 0 Å². The van der Waals surface area contributed by atoms with Crippen molar-refractivity contribution < 1.29 is 14.3 Å². The van der Waals surface area contributed by atoms with Gasteiger partial charge in [0.05, 0.1) is 5.56 Å². The highest BCUT2D eigenvalue weighted by Gasteiger charge is 2.19. The van der Waals surface area contributed by atoms with Gasteiger partial charge in [-0.25, -0.2) is 4.79 Å². The molecule has 0 aromatic heterocycles. The minimum Gasteiger partial charge on any atom is -0.443 e. The molecule has 7 heteroatoms. The lowest BCUT2D eigenvalue weighted by molar-refractivity contribution is 0.0186. The molecule has 1 aromatic carbocycles. The van der Waals surface area contributed by atoms with E-state index in [9.17, 15) is 9.59 Å². The summed E-state index contributed by atoms with van der Waals surface area (Å²) in [5.74, 6) is -0.488. The third-order valence-electron chi connectivity index (χ3n) is 5.12. The fraction of sp³-hybridized carbons (Fsp3) is 0.667. The molecule has 0 fully saturated rings. The van der Waals surface area contributed by atoms with Gasteiger partial charge in [-0.05, 0) is 69.9 Å². The quantitative estimate of drug-likeness (QED) is 0.197. The Bertz CT molecular complexity index is 639. The third-order valence-corrected chi connectivity index (χ3v) is 5.12. The van der Waals surface area contributed by atoms with Gasteiger partial charge >= 0.3 is 5.97 Å². The number of amides is 1. The average molecular weight is 435 g/mol. The summed E-state index contributed by atoms with van der Waals surface area (Å²) in [6, 6.07) is 6.82. The largest absolute Gasteiger partial charge is 0.443 e. The van der Waals surface area contributed by atoms with Crippen LogP contribution in [-0.4, -0.2) is 55.7 Å². The molecule has 5 N–H and O–H groups in total. The summed E-state index contributed by atoms with van der Waals surface area (Å²) in [5.41, 5.74) is 12.1. The highest BCUT2D eigenvalue weighted by atomic mass is 16.6. The van der Waals surface area contributed by atoms with Gasteiger partial charge < -0.3 is 21.1 Å². The van der Waals surface area contributed by atoms with Gasteiger partial charge in [0.15, 0.2) is 6.23 Å². The number of rotatable bonds is 17. The molecule has 1 rings (SSSR count). The summed E-state index contributed by atoms with van der Waals surface area (Å²) in [7, 11) is 0. The summed E-state index contributed by atoms with van der Waals surface area (Å²) in [4.78, 5) is 27.7. The number of nitrogens with one attached hydrogen (secondary N) is 1. The van der Waals surface area contributed by atoms with E-state index in [1.165, 1.54) is 0 Å². The van der Waals surface area contributed by atoms with Gasteiger partial charge in [-0.2, -0.15) is 0 Å². The van der Waals surface area contributed by atoms with Crippen LogP contribution in [0.25, 0.3) is 0 Å². The molecule has 176 valence electrons. The van der Waals surface area contributed by atoms with Crippen LogP contribution in [0.3, 0.4) is 0 Å². The van der Waals surface area contributed by atoms with Gasteiger partial charge in [0.2, 0.25) is 0 Å². The number of benzene rings is 1. The molecule has 1 aromatic rings. The van der Waals surface area contributed by atoms with E-state index >= 15 is 0 Å². The molecule has 0 saturated heterocycles. The number of carbonyl (C=O) groups excluding carboxylic acids is 2. The fourth-order valence-corrected chi connectivity index (χ4v) is 3.27. The zero-order valence-electron chi connectivity index (χ0n) is 19.4. The van der Waals surface area contributed by atoms with Gasteiger partial charge in [-0.3, -0.25) is 10.1 Å². The molecule has 0 aliphatic carbocycles. The Labute approximate surface area is 187 Å². The first-order valence-electron chi connectivity index (χ1n) is 11.8. The smallest absolute Gasteiger partial charge is 0.339 e. The van der Waals surface area contributed by atoms with Crippen molar-refractivity contribution >= 4 is 11.9 Å². The first kappa shape index (κ1) is 27.1. The van der Waals surface area contributed by atoms with Crippen molar-refractivity contribution in [2.75, 3.05) is 32.7 Å². The maximum atomic E-state index is 13.1. The van der Waals surface area contributed by atoms with Crippen molar-refractivity contribution in [2.24, 2.45) is 11.5 Å². The molecule has 0 saturated carbocycles. The van der Waals surface area contributed by atoms with Crippen molar-refractivity contribution in [1.82, 2.24) is 10.2 Å². The van der Waals surface area contributed by atoms with E-state index in [1.807, 2.05) is 4.90 Å². The van der Waals surface area contributed by atoms with Crippen molar-refractivity contribution in [2.45, 2.75) is 71.4 Å². The molecule has 0 heterocycles. The van der Waals surface area contributed by atoms with E-state index < -0.39 is 5.97 Å². The Kier molecular flexibility index (Phi) is 14.6. The predicted molar refractivity (Wildman–Crippen MR) is 126 cm³/mol. The number of nitrogens with two attached hydrogens (primary N) is 2. The Hall–Kier alpha value is -1.96. The van der Waals surface area contributed by atoms with Crippen LogP contribution >= 0.6 is 0 Å². The fourth-order valence-electron chi connectivity index (χ4n) is 3.27. The van der Waals surface area contributed by atoms with Crippen LogP contribution in [-0.2, 0) is 4.74 Å². The van der Waals surface area contributed by atoms with Gasteiger partial charge in [0, 0.05) is 18.7 Å². The molecule has 1 unspecified atom stereocenters. The van der Waals surface area contributed by atoms with E-state index in [-0.39, 0.29) is 12.1 Å². The molecule has 0 bridgehead atoms. The summed E-state index contributed by atoms with van der Waals surface area (Å²) in [6.45, 7) is 7.39. The minimum atomic E-state index is -0.421. The maximum absolute atomic E-state index is 13.1. The van der Waals surface area contributed by atoms with E-state index in [4.69, 9.17) is 16.2 Å². The van der Waals surface area contributed by atoms with Crippen molar-refractivity contribution in [1.29, 1.82) is 0 Å². The van der Waals surface area contributed by atoms with Crippen LogP contribution in [0.15, 0.2) is 24.3 Å². The van der Waals surface area contributed by atoms with Crippen LogP contribution in [0.2, 0.25) is 0 Å². The number of carbonyl (C=O) groups is 2. The first-order valence-corrected chi connectivity index (χ1v) is 11.8. The molecule has 1 atom stereocenters. The zero-order valence-corrected chi connectivity index (χ0v) is 19.4. The number of hydrogen-bond donors (Lipinski definition) is 3. The first-order chi connectivity index (χ1) is 15.1. The van der Waals surface area contributed by atoms with E-state index in [0.29, 0.717) is 43.9 Å². The summed E-state index contributed by atoms with van der Waals surface area (Å²) >= 11 is 0. The second-order valence-electron chi connectivity index (χ2n) is 7.85. The maximum Gasteiger partial charge on any atom is 0.339 e. The molecule has 0 aliphatic rings. The molecule has 0 radical (unpaired) electrons. The number of ether oxygens (including phenoxy) is 1. The second-order valence-corrected chi connectivity index (χ2v) is 7.85. The molecule has 0 aliphatic heterocycles. The zero-order chi connectivity index (χ0) is 22.9. The van der Waals surface area contributed by atoms with Crippen molar-refractivity contribution in [3.8, 4) is 0 Å². The van der Waals surface area contributed by atoms with E-state index in [1.54, 1.807) is 24.3 Å². The van der Waals surface area contributed by atoms with Gasteiger partial charge in [-0.15, -0.1) is 0 Å². The number of esters is 1. The molecular weight excluding hydrogens is 392 g/mol. The number of hydrogen-bond acceptors (Lipinski definition) is 6. The highest BCUT2D eigenvalue weighted by Crippen LogP contribution is 2.13. The monoisotopic (exact) mass is 434 g/mol. The molecule has 7 nitrogen and oxygen atoms in total. The standard InChI is InChI=1S/C24H42N4O3/c1-3-5-7-17-28(18-10-15-26)23(29)20-11-8-12-21(19-20)24(30)31-22(13-6-4-2)27-16-9-14-25/h8,11-12,19,22,27H,3-7,9-10,13-18,25-26H2,1-2H3. The van der Waals surface area contributed by atoms with E-state index in [0.717, 1.165) is 51.4 Å². The van der Waals surface area contributed by atoms with Gasteiger partial charge in [0.1, 0.15) is 0 Å². The number of unbranched alkanes of at least 4 members (excludes halogenated alkanes) is 3. The molecule has 0 spiro atoms. The summed E-state index contributed by atoms with van der Waals surface area (Å²) in [5, 5.41) is 3.25. The predicted octanol–water partition coefficient (Wildman–Crippen LogP) is 3.28. The van der Waals surface area contributed by atoms with E-state index in [2.05, 4.69) is 19.2 Å². The van der Waals surface area contributed by atoms with Crippen LogP contribution in [0.4, 0.5) is 0 Å².